The summed E-state index contributed by atoms with van der Waals surface area (Å²) in [6.07, 6.45) is 3.18. The van der Waals surface area contributed by atoms with E-state index in [0.29, 0.717) is 11.1 Å². The molecule has 0 N–H and O–H groups in total. The van der Waals surface area contributed by atoms with Crippen LogP contribution in [0.4, 0.5) is 0 Å². The Bertz CT molecular complexity index is 718. The van der Waals surface area contributed by atoms with Crippen LogP contribution < -0.4 is 0 Å². The summed E-state index contributed by atoms with van der Waals surface area (Å²) in [5.74, 6) is -0.113. The van der Waals surface area contributed by atoms with Gasteiger partial charge in [-0.05, 0) is 30.8 Å². The number of carbonyl (C=O) groups is 1. The van der Waals surface area contributed by atoms with Crippen molar-refractivity contribution in [2.45, 2.75) is 6.54 Å². The fraction of sp³-hybridized carbons (Fsp3) is 0.333. The molecule has 1 aromatic carbocycles. The summed E-state index contributed by atoms with van der Waals surface area (Å²) in [5.41, 5.74) is 2.34. The molecule has 0 radical (unpaired) electrons. The molecule has 1 fully saturated rings. The summed E-state index contributed by atoms with van der Waals surface area (Å²) in [6, 6.07) is 11.4. The van der Waals surface area contributed by atoms with Crippen LogP contribution in [0.1, 0.15) is 21.5 Å². The molecule has 5 nitrogen and oxygen atoms in total. The fourth-order valence-corrected chi connectivity index (χ4v) is 2.75. The van der Waals surface area contributed by atoms with Crippen LogP contribution in [0.15, 0.2) is 42.7 Å². The number of hydrogen-bond acceptors (Lipinski definition) is 4. The third-order valence-corrected chi connectivity index (χ3v) is 4.26. The van der Waals surface area contributed by atoms with Crippen molar-refractivity contribution in [3.8, 4) is 6.07 Å². The summed E-state index contributed by atoms with van der Waals surface area (Å²) >= 11 is 0. The molecule has 0 spiro atoms. The van der Waals surface area contributed by atoms with Crippen molar-refractivity contribution >= 4 is 5.91 Å². The van der Waals surface area contributed by atoms with Gasteiger partial charge in [0.25, 0.3) is 5.91 Å². The zero-order valence-electron chi connectivity index (χ0n) is 13.3. The minimum absolute atomic E-state index is 0.113. The minimum Gasteiger partial charge on any atom is -0.304 e. The second-order valence-corrected chi connectivity index (χ2v) is 6.00. The number of nitriles is 1. The molecule has 1 aromatic heterocycles. The number of aromatic nitrogens is 1. The van der Waals surface area contributed by atoms with Crippen molar-refractivity contribution < 1.29 is 4.79 Å². The van der Waals surface area contributed by atoms with Gasteiger partial charge in [0.1, 0.15) is 6.07 Å². The summed E-state index contributed by atoms with van der Waals surface area (Å²) < 4.78 is 1.45. The Morgan fingerprint density at radius 3 is 2.43 bits per heavy atom. The van der Waals surface area contributed by atoms with Crippen molar-refractivity contribution in [2.24, 2.45) is 0 Å². The van der Waals surface area contributed by atoms with Gasteiger partial charge in [0.2, 0.25) is 0 Å². The van der Waals surface area contributed by atoms with E-state index in [1.54, 1.807) is 18.5 Å². The van der Waals surface area contributed by atoms with Crippen molar-refractivity contribution in [3.63, 3.8) is 0 Å². The molecule has 0 bridgehead atoms. The van der Waals surface area contributed by atoms with Gasteiger partial charge in [-0.25, -0.2) is 0 Å². The lowest BCUT2D eigenvalue weighted by atomic mass is 10.1. The van der Waals surface area contributed by atoms with Crippen LogP contribution in [-0.2, 0) is 6.54 Å². The van der Waals surface area contributed by atoms with E-state index in [-0.39, 0.29) is 5.91 Å². The van der Waals surface area contributed by atoms with Gasteiger partial charge in [-0.15, -0.1) is 0 Å². The van der Waals surface area contributed by atoms with Gasteiger partial charge < -0.3 is 4.90 Å². The Morgan fingerprint density at radius 2 is 1.83 bits per heavy atom. The number of piperazine rings is 1. The largest absolute Gasteiger partial charge is 0.304 e. The normalized spacial score (nSPS) is 16.2. The lowest BCUT2D eigenvalue weighted by molar-refractivity contribution is 0.0960. The second-order valence-electron chi connectivity index (χ2n) is 6.00. The summed E-state index contributed by atoms with van der Waals surface area (Å²) in [4.78, 5) is 17.1. The molecule has 3 rings (SSSR count). The number of nitrogens with zero attached hydrogens (tertiary/aromatic N) is 4. The Balaban J connectivity index is 1.65. The first-order valence-electron chi connectivity index (χ1n) is 7.78. The lowest BCUT2D eigenvalue weighted by Crippen LogP contribution is -2.43. The van der Waals surface area contributed by atoms with E-state index in [2.05, 4.69) is 16.8 Å². The van der Waals surface area contributed by atoms with Crippen LogP contribution in [0.3, 0.4) is 0 Å². The van der Waals surface area contributed by atoms with Gasteiger partial charge in [0, 0.05) is 50.7 Å². The highest BCUT2D eigenvalue weighted by Crippen LogP contribution is 2.11. The van der Waals surface area contributed by atoms with Gasteiger partial charge in [-0.2, -0.15) is 5.26 Å². The number of carbonyl (C=O) groups excluding carboxylic acids is 1. The van der Waals surface area contributed by atoms with Crippen LogP contribution in [-0.4, -0.2) is 53.5 Å². The molecule has 1 aliphatic rings. The molecule has 0 unspecified atom stereocenters. The molecule has 0 amide bonds. The lowest BCUT2D eigenvalue weighted by Gasteiger charge is -2.32. The van der Waals surface area contributed by atoms with Gasteiger partial charge in [-0.1, -0.05) is 12.1 Å². The van der Waals surface area contributed by atoms with Gasteiger partial charge in [-0.3, -0.25) is 14.3 Å². The number of likely N-dealkylation sites (N-methyl/N-ethyl adjacent to an activating group) is 1. The molecular formula is C18H20N4O. The third kappa shape index (κ3) is 3.67. The van der Waals surface area contributed by atoms with Gasteiger partial charge in [0.15, 0.2) is 0 Å². The first kappa shape index (κ1) is 15.5. The van der Waals surface area contributed by atoms with Crippen LogP contribution in [0.5, 0.6) is 0 Å². The summed E-state index contributed by atoms with van der Waals surface area (Å²) in [6.45, 7) is 5.29. The average Bonchev–Trinajstić information content (AvgIpc) is 3.06. The predicted octanol–water partition coefficient (Wildman–Crippen LogP) is 1.80. The zero-order chi connectivity index (χ0) is 16.2. The first-order valence-corrected chi connectivity index (χ1v) is 7.78. The monoisotopic (exact) mass is 308 g/mol. The molecule has 0 saturated carbocycles. The van der Waals surface area contributed by atoms with E-state index in [0.717, 1.165) is 32.7 Å². The number of hydrogen-bond donors (Lipinski definition) is 0. The van der Waals surface area contributed by atoms with E-state index in [1.807, 2.05) is 30.3 Å². The van der Waals surface area contributed by atoms with Crippen LogP contribution in [0, 0.1) is 11.3 Å². The fourth-order valence-electron chi connectivity index (χ4n) is 2.75. The molecule has 1 aliphatic heterocycles. The Kier molecular flexibility index (Phi) is 4.56. The van der Waals surface area contributed by atoms with Crippen molar-refractivity contribution in [1.82, 2.24) is 14.4 Å². The molecule has 118 valence electrons. The number of rotatable bonds is 3. The molecule has 5 heteroatoms. The summed E-state index contributed by atoms with van der Waals surface area (Å²) in [5, 5.41) is 8.83. The van der Waals surface area contributed by atoms with Crippen molar-refractivity contribution in [1.29, 1.82) is 5.26 Å². The Hall–Kier alpha value is -2.42. The van der Waals surface area contributed by atoms with Crippen LogP contribution in [0.25, 0.3) is 0 Å². The minimum atomic E-state index is -0.113. The molecule has 0 aliphatic carbocycles. The third-order valence-electron chi connectivity index (χ3n) is 4.26. The maximum absolute atomic E-state index is 12.4. The van der Waals surface area contributed by atoms with E-state index in [1.165, 1.54) is 10.1 Å². The highest BCUT2D eigenvalue weighted by Gasteiger charge is 2.14. The first-order chi connectivity index (χ1) is 11.2. The van der Waals surface area contributed by atoms with Gasteiger partial charge >= 0.3 is 0 Å². The summed E-state index contributed by atoms with van der Waals surface area (Å²) in [7, 11) is 2.15. The van der Waals surface area contributed by atoms with E-state index >= 15 is 0 Å². The van der Waals surface area contributed by atoms with E-state index in [4.69, 9.17) is 5.26 Å². The molecule has 0 atom stereocenters. The average molecular weight is 308 g/mol. The topological polar surface area (TPSA) is 52.3 Å². The van der Waals surface area contributed by atoms with E-state index in [9.17, 15) is 4.79 Å². The Labute approximate surface area is 136 Å². The maximum atomic E-state index is 12.4. The van der Waals surface area contributed by atoms with Gasteiger partial charge in [0.05, 0.1) is 5.56 Å². The molecule has 2 aromatic rings. The highest BCUT2D eigenvalue weighted by atomic mass is 16.2. The maximum Gasteiger partial charge on any atom is 0.261 e. The smallest absolute Gasteiger partial charge is 0.261 e. The number of benzene rings is 1. The quantitative estimate of drug-likeness (QED) is 0.867. The van der Waals surface area contributed by atoms with Crippen LogP contribution >= 0.6 is 0 Å². The van der Waals surface area contributed by atoms with Crippen molar-refractivity contribution in [2.75, 3.05) is 33.2 Å². The zero-order valence-corrected chi connectivity index (χ0v) is 13.3. The standard InChI is InChI=1S/C18H20N4O/c1-20-8-10-21(11-9-20)13-15-2-4-17(5-3-15)18(23)22-7-6-16(12-19)14-22/h2-7,14H,8-11,13H2,1H3. The van der Waals surface area contributed by atoms with Crippen LogP contribution in [0.2, 0.25) is 0 Å². The highest BCUT2D eigenvalue weighted by molar-refractivity contribution is 5.96. The van der Waals surface area contributed by atoms with E-state index < -0.39 is 0 Å². The predicted molar refractivity (Wildman–Crippen MR) is 88.1 cm³/mol. The molecule has 23 heavy (non-hydrogen) atoms. The molecular weight excluding hydrogens is 288 g/mol. The molecule has 2 heterocycles. The van der Waals surface area contributed by atoms with Crippen molar-refractivity contribution in [3.05, 3.63) is 59.4 Å². The SMILES string of the molecule is CN1CCN(Cc2ccc(C(=O)n3ccc(C#N)c3)cc2)CC1. The Morgan fingerprint density at radius 1 is 1.13 bits per heavy atom. The second kappa shape index (κ2) is 6.78. The molecule has 1 saturated heterocycles.